The van der Waals surface area contributed by atoms with Crippen LogP contribution >= 0.6 is 11.3 Å². The van der Waals surface area contributed by atoms with Gasteiger partial charge in [0.05, 0.1) is 17.1 Å². The lowest BCUT2D eigenvalue weighted by molar-refractivity contribution is -0.116. The van der Waals surface area contributed by atoms with E-state index in [0.717, 1.165) is 5.56 Å². The van der Waals surface area contributed by atoms with Gasteiger partial charge in [0.15, 0.2) is 9.84 Å². The summed E-state index contributed by atoms with van der Waals surface area (Å²) in [5.74, 6) is -0.331. The maximum absolute atomic E-state index is 12.0. The standard InChI is InChI=1S/C16H16N2O3S2/c17-11-14-8-9-22-16(14)18-15(19)7-4-10-23(20,21)12-13-5-2-1-3-6-13/h1-3,5-6,8-9H,4,7,10,12H2,(H,18,19). The van der Waals surface area contributed by atoms with Crippen molar-refractivity contribution in [3.05, 3.63) is 52.9 Å². The summed E-state index contributed by atoms with van der Waals surface area (Å²) in [5, 5.41) is 13.7. The summed E-state index contributed by atoms with van der Waals surface area (Å²) in [6.07, 6.45) is 0.366. The molecule has 1 heterocycles. The second kappa shape index (κ2) is 7.90. The Morgan fingerprint density at radius 3 is 2.65 bits per heavy atom. The molecule has 0 saturated carbocycles. The number of carbonyl (C=O) groups is 1. The first-order valence-corrected chi connectivity index (χ1v) is 9.72. The molecule has 7 heteroatoms. The Balaban J connectivity index is 1.80. The Hall–Kier alpha value is -2.17. The van der Waals surface area contributed by atoms with Crippen LogP contribution in [0.2, 0.25) is 0 Å². The van der Waals surface area contributed by atoms with Gasteiger partial charge in [0, 0.05) is 6.42 Å². The molecule has 23 heavy (non-hydrogen) atoms. The smallest absolute Gasteiger partial charge is 0.225 e. The number of amides is 1. The van der Waals surface area contributed by atoms with E-state index >= 15 is 0 Å². The summed E-state index contributed by atoms with van der Waals surface area (Å²) in [5.41, 5.74) is 1.16. The number of nitrogens with zero attached hydrogens (tertiary/aromatic N) is 1. The van der Waals surface area contributed by atoms with Crippen molar-refractivity contribution in [3.63, 3.8) is 0 Å². The van der Waals surface area contributed by atoms with Gasteiger partial charge < -0.3 is 5.32 Å². The van der Waals surface area contributed by atoms with Crippen molar-refractivity contribution in [2.75, 3.05) is 11.1 Å². The molecule has 0 saturated heterocycles. The fraction of sp³-hybridized carbons (Fsp3) is 0.250. The van der Waals surface area contributed by atoms with Gasteiger partial charge in [-0.25, -0.2) is 8.42 Å². The quantitative estimate of drug-likeness (QED) is 0.833. The van der Waals surface area contributed by atoms with Crippen LogP contribution in [0, 0.1) is 11.3 Å². The third-order valence-corrected chi connectivity index (χ3v) is 5.64. The molecule has 0 radical (unpaired) electrons. The summed E-state index contributed by atoms with van der Waals surface area (Å²) < 4.78 is 24.1. The van der Waals surface area contributed by atoms with Gasteiger partial charge in [-0.15, -0.1) is 11.3 Å². The fourth-order valence-electron chi connectivity index (χ4n) is 2.04. The monoisotopic (exact) mass is 348 g/mol. The van der Waals surface area contributed by atoms with Crippen molar-refractivity contribution in [1.29, 1.82) is 5.26 Å². The van der Waals surface area contributed by atoms with Crippen molar-refractivity contribution in [1.82, 2.24) is 0 Å². The maximum atomic E-state index is 12.0. The van der Waals surface area contributed by atoms with Gasteiger partial charge in [-0.1, -0.05) is 30.3 Å². The van der Waals surface area contributed by atoms with Crippen LogP contribution in [-0.4, -0.2) is 20.1 Å². The molecule has 1 N–H and O–H groups in total. The van der Waals surface area contributed by atoms with Gasteiger partial charge in [0.2, 0.25) is 5.91 Å². The lowest BCUT2D eigenvalue weighted by Crippen LogP contribution is -2.15. The Bertz CT molecular complexity index is 805. The van der Waals surface area contributed by atoms with E-state index in [4.69, 9.17) is 5.26 Å². The number of hydrogen-bond donors (Lipinski definition) is 1. The van der Waals surface area contributed by atoms with Crippen molar-refractivity contribution in [2.45, 2.75) is 18.6 Å². The lowest BCUT2D eigenvalue weighted by Gasteiger charge is -2.05. The molecular formula is C16H16N2O3S2. The maximum Gasteiger partial charge on any atom is 0.225 e. The summed E-state index contributed by atoms with van der Waals surface area (Å²) in [6, 6.07) is 12.6. The predicted molar refractivity (Wildman–Crippen MR) is 90.8 cm³/mol. The summed E-state index contributed by atoms with van der Waals surface area (Å²) in [7, 11) is -3.23. The van der Waals surface area contributed by atoms with Crippen LogP contribution in [0.5, 0.6) is 0 Å². The highest BCUT2D eigenvalue weighted by atomic mass is 32.2. The number of rotatable bonds is 7. The summed E-state index contributed by atoms with van der Waals surface area (Å²) >= 11 is 1.27. The zero-order valence-corrected chi connectivity index (χ0v) is 14.0. The molecule has 0 aliphatic heterocycles. The van der Waals surface area contributed by atoms with Gasteiger partial charge >= 0.3 is 0 Å². The Kier molecular flexibility index (Phi) is 5.90. The molecule has 0 atom stereocenters. The molecule has 0 fully saturated rings. The number of carbonyl (C=O) groups excluding carboxylic acids is 1. The van der Waals surface area contributed by atoms with Crippen molar-refractivity contribution in [2.24, 2.45) is 0 Å². The molecule has 1 amide bonds. The molecule has 0 unspecified atom stereocenters. The van der Waals surface area contributed by atoms with E-state index in [1.165, 1.54) is 11.3 Å². The van der Waals surface area contributed by atoms with Gasteiger partial charge in [-0.05, 0) is 23.4 Å². The molecule has 0 spiro atoms. The molecular weight excluding hydrogens is 332 g/mol. The molecule has 1 aromatic heterocycles. The average Bonchev–Trinajstić information content (AvgIpc) is 2.94. The number of sulfone groups is 1. The predicted octanol–water partition coefficient (Wildman–Crippen LogP) is 2.95. The van der Waals surface area contributed by atoms with E-state index in [0.29, 0.717) is 10.6 Å². The first-order valence-electron chi connectivity index (χ1n) is 7.02. The first kappa shape index (κ1) is 17.2. The number of anilines is 1. The summed E-state index contributed by atoms with van der Waals surface area (Å²) in [6.45, 7) is 0. The number of hydrogen-bond acceptors (Lipinski definition) is 5. The van der Waals surface area contributed by atoms with E-state index in [-0.39, 0.29) is 30.3 Å². The Labute approximate surface area is 139 Å². The highest BCUT2D eigenvalue weighted by Gasteiger charge is 2.14. The zero-order valence-electron chi connectivity index (χ0n) is 12.4. The molecule has 120 valence electrons. The molecule has 0 aliphatic rings. The third-order valence-electron chi connectivity index (χ3n) is 3.13. The van der Waals surface area contributed by atoms with Gasteiger partial charge in [0.1, 0.15) is 11.1 Å². The largest absolute Gasteiger partial charge is 0.317 e. The van der Waals surface area contributed by atoms with Gasteiger partial charge in [0.25, 0.3) is 0 Å². The summed E-state index contributed by atoms with van der Waals surface area (Å²) in [4.78, 5) is 11.8. The average molecular weight is 348 g/mol. The lowest BCUT2D eigenvalue weighted by atomic mass is 10.2. The van der Waals surface area contributed by atoms with Crippen LogP contribution < -0.4 is 5.32 Å². The number of thiophene rings is 1. The van der Waals surface area contributed by atoms with E-state index in [9.17, 15) is 13.2 Å². The highest BCUT2D eigenvalue weighted by Crippen LogP contribution is 2.22. The van der Waals surface area contributed by atoms with Crippen LogP contribution in [0.25, 0.3) is 0 Å². The zero-order chi connectivity index (χ0) is 16.7. The van der Waals surface area contributed by atoms with Crippen LogP contribution in [0.4, 0.5) is 5.00 Å². The molecule has 5 nitrogen and oxygen atoms in total. The van der Waals surface area contributed by atoms with Crippen LogP contribution in [-0.2, 0) is 20.4 Å². The van der Waals surface area contributed by atoms with Gasteiger partial charge in [-0.2, -0.15) is 5.26 Å². The molecule has 0 bridgehead atoms. The topological polar surface area (TPSA) is 87.0 Å². The fourth-order valence-corrected chi connectivity index (χ4v) is 4.22. The van der Waals surface area contributed by atoms with Crippen LogP contribution in [0.15, 0.2) is 41.8 Å². The Morgan fingerprint density at radius 2 is 1.96 bits per heavy atom. The minimum Gasteiger partial charge on any atom is -0.317 e. The Morgan fingerprint density at radius 1 is 1.22 bits per heavy atom. The molecule has 1 aromatic carbocycles. The van der Waals surface area contributed by atoms with Crippen LogP contribution in [0.3, 0.4) is 0 Å². The second-order valence-corrected chi connectivity index (χ2v) is 8.10. The molecule has 2 aromatic rings. The van der Waals surface area contributed by atoms with Crippen molar-refractivity contribution in [3.8, 4) is 6.07 Å². The normalized spacial score (nSPS) is 10.9. The van der Waals surface area contributed by atoms with E-state index in [2.05, 4.69) is 5.32 Å². The molecule has 0 aliphatic carbocycles. The SMILES string of the molecule is N#Cc1ccsc1NC(=O)CCCS(=O)(=O)Cc1ccccc1. The number of nitriles is 1. The van der Waals surface area contributed by atoms with Crippen molar-refractivity contribution < 1.29 is 13.2 Å². The highest BCUT2D eigenvalue weighted by molar-refractivity contribution is 7.90. The molecule has 2 rings (SSSR count). The van der Waals surface area contributed by atoms with Crippen LogP contribution in [0.1, 0.15) is 24.0 Å². The van der Waals surface area contributed by atoms with E-state index < -0.39 is 9.84 Å². The number of nitrogens with one attached hydrogen (secondary N) is 1. The third kappa shape index (κ3) is 5.51. The minimum absolute atomic E-state index is 0.0149. The van der Waals surface area contributed by atoms with Crippen molar-refractivity contribution >= 4 is 32.1 Å². The number of benzene rings is 1. The van der Waals surface area contributed by atoms with E-state index in [1.807, 2.05) is 12.1 Å². The minimum atomic E-state index is -3.23. The first-order chi connectivity index (χ1) is 11.0. The van der Waals surface area contributed by atoms with Gasteiger partial charge in [-0.3, -0.25) is 4.79 Å². The van der Waals surface area contributed by atoms with E-state index in [1.54, 1.807) is 35.7 Å². The second-order valence-electron chi connectivity index (χ2n) is 5.00.